The third-order valence-electron chi connectivity index (χ3n) is 2.98. The number of aromatic nitrogens is 1. The molecule has 0 radical (unpaired) electrons. The van der Waals surface area contributed by atoms with Gasteiger partial charge in [0.25, 0.3) is 0 Å². The van der Waals surface area contributed by atoms with Crippen molar-refractivity contribution < 1.29 is 17.9 Å². The summed E-state index contributed by atoms with van der Waals surface area (Å²) in [4.78, 5) is 2.72. The fourth-order valence-corrected chi connectivity index (χ4v) is 3.31. The van der Waals surface area contributed by atoms with E-state index in [0.29, 0.717) is 10.9 Å². The van der Waals surface area contributed by atoms with Gasteiger partial charge in [-0.3, -0.25) is 0 Å². The van der Waals surface area contributed by atoms with Crippen molar-refractivity contribution in [2.24, 2.45) is 0 Å². The number of aromatic hydroxyl groups is 1. The zero-order valence-electron chi connectivity index (χ0n) is 10.2. The molecular weight excluding hydrogens is 281 g/mol. The van der Waals surface area contributed by atoms with Crippen LogP contribution in [0.1, 0.15) is 0 Å². The zero-order valence-corrected chi connectivity index (χ0v) is 11.0. The first-order valence-electron chi connectivity index (χ1n) is 5.79. The monoisotopic (exact) mass is 291 g/mol. The van der Waals surface area contributed by atoms with E-state index >= 15 is 0 Å². The second-order valence-corrected chi connectivity index (χ2v) is 6.28. The van der Waals surface area contributed by atoms with Crippen LogP contribution < -0.4 is 0 Å². The number of hydrogen-bond acceptors (Lipinski definition) is 3. The molecule has 0 fully saturated rings. The Morgan fingerprint density at radius 3 is 2.60 bits per heavy atom. The van der Waals surface area contributed by atoms with Crippen LogP contribution in [0.3, 0.4) is 0 Å². The normalized spacial score (nSPS) is 11.8. The molecule has 0 atom stereocenters. The molecule has 0 aliphatic heterocycles. The molecule has 0 amide bonds. The van der Waals surface area contributed by atoms with Crippen LogP contribution in [0, 0.1) is 5.82 Å². The van der Waals surface area contributed by atoms with Crippen LogP contribution in [-0.2, 0) is 9.84 Å². The number of sulfone groups is 1. The Morgan fingerprint density at radius 1 is 1.05 bits per heavy atom. The molecule has 1 heterocycles. The van der Waals surface area contributed by atoms with E-state index in [-0.39, 0.29) is 15.7 Å². The standard InChI is InChI=1S/C14H10FNO3S/c15-10-4-5-13-9(6-10)7-14(16-13)20(18,19)12-3-1-2-11(17)8-12/h1-8,16-17H. The summed E-state index contributed by atoms with van der Waals surface area (Å²) in [6.45, 7) is 0. The predicted molar refractivity (Wildman–Crippen MR) is 71.8 cm³/mol. The molecule has 0 saturated heterocycles. The highest BCUT2D eigenvalue weighted by Gasteiger charge is 2.20. The van der Waals surface area contributed by atoms with E-state index in [1.807, 2.05) is 0 Å². The van der Waals surface area contributed by atoms with Gasteiger partial charge in [-0.15, -0.1) is 0 Å². The van der Waals surface area contributed by atoms with E-state index in [1.165, 1.54) is 48.5 Å². The fourth-order valence-electron chi connectivity index (χ4n) is 2.00. The Morgan fingerprint density at radius 2 is 1.85 bits per heavy atom. The van der Waals surface area contributed by atoms with Crippen molar-refractivity contribution in [3.8, 4) is 5.75 Å². The average molecular weight is 291 g/mol. The van der Waals surface area contributed by atoms with Crippen LogP contribution in [0.4, 0.5) is 4.39 Å². The van der Waals surface area contributed by atoms with Gasteiger partial charge in [-0.05, 0) is 42.5 Å². The Labute approximate surface area is 114 Å². The van der Waals surface area contributed by atoms with Crippen LogP contribution in [0.15, 0.2) is 58.5 Å². The number of hydrogen-bond donors (Lipinski definition) is 2. The number of aromatic amines is 1. The summed E-state index contributed by atoms with van der Waals surface area (Å²) < 4.78 is 37.9. The van der Waals surface area contributed by atoms with E-state index in [0.717, 1.165) is 0 Å². The van der Waals surface area contributed by atoms with Gasteiger partial charge in [0.2, 0.25) is 9.84 Å². The Hall–Kier alpha value is -2.34. The van der Waals surface area contributed by atoms with Crippen LogP contribution in [0.25, 0.3) is 10.9 Å². The van der Waals surface area contributed by atoms with Crippen molar-refractivity contribution in [2.45, 2.75) is 9.92 Å². The van der Waals surface area contributed by atoms with Gasteiger partial charge in [0.1, 0.15) is 16.6 Å². The smallest absolute Gasteiger partial charge is 0.221 e. The zero-order chi connectivity index (χ0) is 14.3. The first-order chi connectivity index (χ1) is 9.46. The number of phenols is 1. The summed E-state index contributed by atoms with van der Waals surface area (Å²) in [7, 11) is -3.77. The summed E-state index contributed by atoms with van der Waals surface area (Å²) >= 11 is 0. The molecule has 0 saturated carbocycles. The van der Waals surface area contributed by atoms with E-state index in [4.69, 9.17) is 0 Å². The molecule has 2 aromatic carbocycles. The molecule has 1 aromatic heterocycles. The number of H-pyrrole nitrogens is 1. The number of nitrogens with one attached hydrogen (secondary N) is 1. The molecule has 0 aliphatic carbocycles. The topological polar surface area (TPSA) is 70.2 Å². The quantitative estimate of drug-likeness (QED) is 0.762. The van der Waals surface area contributed by atoms with E-state index < -0.39 is 15.7 Å². The Kier molecular flexibility index (Phi) is 2.76. The van der Waals surface area contributed by atoms with Crippen LogP contribution in [0.5, 0.6) is 5.75 Å². The van der Waals surface area contributed by atoms with Gasteiger partial charge in [-0.1, -0.05) is 6.07 Å². The third-order valence-corrected chi connectivity index (χ3v) is 4.65. The van der Waals surface area contributed by atoms with Gasteiger partial charge in [0, 0.05) is 10.9 Å². The first-order valence-corrected chi connectivity index (χ1v) is 7.27. The molecule has 0 spiro atoms. The molecule has 6 heteroatoms. The number of rotatable bonds is 2. The molecule has 102 valence electrons. The summed E-state index contributed by atoms with van der Waals surface area (Å²) in [6.07, 6.45) is 0. The third kappa shape index (κ3) is 2.04. The van der Waals surface area contributed by atoms with Crippen LogP contribution >= 0.6 is 0 Å². The largest absolute Gasteiger partial charge is 0.508 e. The van der Waals surface area contributed by atoms with Crippen molar-refractivity contribution in [1.29, 1.82) is 0 Å². The lowest BCUT2D eigenvalue weighted by molar-refractivity contribution is 0.473. The highest BCUT2D eigenvalue weighted by molar-refractivity contribution is 7.91. The molecule has 2 N–H and O–H groups in total. The molecule has 0 aliphatic rings. The highest BCUT2D eigenvalue weighted by atomic mass is 32.2. The van der Waals surface area contributed by atoms with Crippen molar-refractivity contribution in [1.82, 2.24) is 4.98 Å². The van der Waals surface area contributed by atoms with E-state index in [2.05, 4.69) is 4.98 Å². The molecule has 3 rings (SSSR count). The second kappa shape index (κ2) is 4.35. The number of halogens is 1. The van der Waals surface area contributed by atoms with Gasteiger partial charge in [-0.25, -0.2) is 12.8 Å². The van der Waals surface area contributed by atoms with Gasteiger partial charge in [-0.2, -0.15) is 0 Å². The highest BCUT2D eigenvalue weighted by Crippen LogP contribution is 2.26. The lowest BCUT2D eigenvalue weighted by Crippen LogP contribution is -2.01. The molecule has 3 aromatic rings. The van der Waals surface area contributed by atoms with Gasteiger partial charge in [0.05, 0.1) is 4.90 Å². The lowest BCUT2D eigenvalue weighted by Gasteiger charge is -2.02. The maximum absolute atomic E-state index is 13.1. The fraction of sp³-hybridized carbons (Fsp3) is 0. The van der Waals surface area contributed by atoms with Crippen molar-refractivity contribution in [3.63, 3.8) is 0 Å². The van der Waals surface area contributed by atoms with E-state index in [9.17, 15) is 17.9 Å². The minimum Gasteiger partial charge on any atom is -0.508 e. The van der Waals surface area contributed by atoms with Gasteiger partial charge in [0.15, 0.2) is 0 Å². The van der Waals surface area contributed by atoms with Crippen molar-refractivity contribution in [3.05, 3.63) is 54.3 Å². The van der Waals surface area contributed by atoms with Crippen molar-refractivity contribution >= 4 is 20.7 Å². The Bertz CT molecular complexity index is 900. The summed E-state index contributed by atoms with van der Waals surface area (Å²) in [5.74, 6) is -0.564. The maximum atomic E-state index is 13.1. The number of benzene rings is 2. The Balaban J connectivity index is 2.18. The first kappa shape index (κ1) is 12.7. The minimum atomic E-state index is -3.77. The lowest BCUT2D eigenvalue weighted by atomic mass is 10.2. The minimum absolute atomic E-state index is 0.0236. The SMILES string of the molecule is O=S(=O)(c1cccc(O)c1)c1cc2cc(F)ccc2[nH]1. The molecular formula is C14H10FNO3S. The molecule has 0 bridgehead atoms. The maximum Gasteiger partial charge on any atom is 0.221 e. The van der Waals surface area contributed by atoms with E-state index in [1.54, 1.807) is 0 Å². The van der Waals surface area contributed by atoms with Crippen molar-refractivity contribution in [2.75, 3.05) is 0 Å². The summed E-state index contributed by atoms with van der Waals surface area (Å²) in [5.41, 5.74) is 0.533. The number of fused-ring (bicyclic) bond motifs is 1. The average Bonchev–Trinajstić information content (AvgIpc) is 2.82. The summed E-state index contributed by atoms with van der Waals surface area (Å²) in [6, 6.07) is 10.8. The van der Waals surface area contributed by atoms with Gasteiger partial charge < -0.3 is 10.1 Å². The van der Waals surface area contributed by atoms with Crippen LogP contribution in [0.2, 0.25) is 0 Å². The van der Waals surface area contributed by atoms with Crippen LogP contribution in [-0.4, -0.2) is 18.5 Å². The number of phenolic OH excluding ortho intramolecular Hbond substituents is 1. The molecule has 4 nitrogen and oxygen atoms in total. The summed E-state index contributed by atoms with van der Waals surface area (Å²) in [5, 5.41) is 9.81. The van der Waals surface area contributed by atoms with Gasteiger partial charge >= 0.3 is 0 Å². The molecule has 0 unspecified atom stereocenters. The molecule has 20 heavy (non-hydrogen) atoms. The second-order valence-electron chi connectivity index (χ2n) is 4.37. The predicted octanol–water partition coefficient (Wildman–Crippen LogP) is 2.85.